The molecule has 1 aliphatic carbocycles. The van der Waals surface area contributed by atoms with Crippen LogP contribution in [0.25, 0.3) is 111 Å². The molecule has 0 N–H and O–H groups in total. The molecule has 0 bridgehead atoms. The van der Waals surface area contributed by atoms with Gasteiger partial charge in [-0.25, -0.2) is 15.0 Å². The number of nitrogens with zero attached hydrogens (tertiary/aromatic N) is 5. The van der Waals surface area contributed by atoms with Crippen LogP contribution in [0.15, 0.2) is 212 Å². The van der Waals surface area contributed by atoms with Crippen molar-refractivity contribution >= 4 is 43.6 Å². The van der Waals surface area contributed by atoms with Crippen LogP contribution in [0.2, 0.25) is 0 Å². The van der Waals surface area contributed by atoms with Crippen molar-refractivity contribution < 1.29 is 0 Å². The summed E-state index contributed by atoms with van der Waals surface area (Å²) in [6.45, 7) is 4.71. The summed E-state index contributed by atoms with van der Waals surface area (Å²) >= 11 is 0. The van der Waals surface area contributed by atoms with Gasteiger partial charge in [-0.15, -0.1) is 0 Å². The van der Waals surface area contributed by atoms with Crippen molar-refractivity contribution in [2.75, 3.05) is 0 Å². The summed E-state index contributed by atoms with van der Waals surface area (Å²) in [4.78, 5) is 15.2. The van der Waals surface area contributed by atoms with E-state index in [2.05, 4.69) is 199 Å². The summed E-state index contributed by atoms with van der Waals surface area (Å²) in [5.41, 5.74) is 17.2. The van der Waals surface area contributed by atoms with Crippen molar-refractivity contribution in [1.82, 2.24) is 24.1 Å². The lowest BCUT2D eigenvalue weighted by Gasteiger charge is -2.21. The third-order valence-corrected chi connectivity index (χ3v) is 13.6. The van der Waals surface area contributed by atoms with Gasteiger partial charge in [-0.2, -0.15) is 0 Å². The predicted octanol–water partition coefficient (Wildman–Crippen LogP) is 15.0. The molecule has 0 unspecified atom stereocenters. The molecule has 0 aliphatic heterocycles. The fraction of sp³-hybridized carbons (Fsp3) is 0.0500. The van der Waals surface area contributed by atoms with Gasteiger partial charge in [-0.3, -0.25) is 0 Å². The number of aromatic nitrogens is 5. The number of hydrogen-bond donors (Lipinski definition) is 0. The molecule has 0 amide bonds. The Kier molecular flexibility index (Phi) is 8.18. The minimum Gasteiger partial charge on any atom is -0.309 e. The molecule has 3 heterocycles. The SMILES string of the molecule is CC1(C)c2ccccc2-c2cc3c4ccc(-c5ccc6c(c5)c5ccccc5n6-c5ccccc5)cc4n(-c4cccc(-c5nc(-c6ccccc6)nc(-c6ccccc6)n5)c4)c3cc21. The zero-order valence-corrected chi connectivity index (χ0v) is 35.9. The molecule has 0 radical (unpaired) electrons. The Morgan fingerprint density at radius 1 is 0.308 bits per heavy atom. The lowest BCUT2D eigenvalue weighted by molar-refractivity contribution is 0.661. The van der Waals surface area contributed by atoms with Crippen LogP contribution in [0.5, 0.6) is 0 Å². The molecule has 13 rings (SSSR count). The van der Waals surface area contributed by atoms with Gasteiger partial charge in [0.2, 0.25) is 0 Å². The first-order chi connectivity index (χ1) is 32.0. The highest BCUT2D eigenvalue weighted by atomic mass is 15.0. The molecule has 0 atom stereocenters. The topological polar surface area (TPSA) is 48.5 Å². The van der Waals surface area contributed by atoms with Gasteiger partial charge >= 0.3 is 0 Å². The molecular formula is C60H41N5. The van der Waals surface area contributed by atoms with Crippen LogP contribution < -0.4 is 0 Å². The summed E-state index contributed by atoms with van der Waals surface area (Å²) in [6.07, 6.45) is 0. The molecule has 0 saturated heterocycles. The van der Waals surface area contributed by atoms with Crippen LogP contribution in [0, 0.1) is 0 Å². The Morgan fingerprint density at radius 3 is 1.58 bits per heavy atom. The maximum absolute atomic E-state index is 5.12. The average Bonchev–Trinajstić information content (AvgIpc) is 3.96. The summed E-state index contributed by atoms with van der Waals surface area (Å²) in [7, 11) is 0. The third kappa shape index (κ3) is 5.82. The van der Waals surface area contributed by atoms with Crippen LogP contribution in [-0.4, -0.2) is 24.1 Å². The van der Waals surface area contributed by atoms with Gasteiger partial charge in [0.15, 0.2) is 17.5 Å². The average molecular weight is 832 g/mol. The van der Waals surface area contributed by atoms with E-state index >= 15 is 0 Å². The second kappa shape index (κ2) is 14.3. The van der Waals surface area contributed by atoms with Crippen molar-refractivity contribution in [2.45, 2.75) is 19.3 Å². The van der Waals surface area contributed by atoms with Gasteiger partial charge in [0.05, 0.1) is 22.1 Å². The van der Waals surface area contributed by atoms with Gasteiger partial charge in [0, 0.05) is 55.0 Å². The number of para-hydroxylation sites is 2. The molecule has 0 spiro atoms. The standard InChI is InChI=1S/C60H41N5/c1-60(2)51-27-14-12-25-45(51)48-36-50-47-31-29-41(40-30-32-54-49(34-40)46-26-13-15-28-53(46)64(54)43-22-10-5-11-23-43)35-55(47)65(56(50)37-52(48)60)44-24-16-21-42(33-44)59-62-57(38-17-6-3-7-18-38)61-58(63-59)39-19-8-4-9-20-39/h3-37H,1-2H3. The highest BCUT2D eigenvalue weighted by Gasteiger charge is 2.36. The molecule has 0 saturated carbocycles. The van der Waals surface area contributed by atoms with E-state index in [0.717, 1.165) is 39.1 Å². The summed E-state index contributed by atoms with van der Waals surface area (Å²) < 4.78 is 4.83. The second-order valence-electron chi connectivity index (χ2n) is 17.7. The van der Waals surface area contributed by atoms with Gasteiger partial charge < -0.3 is 9.13 Å². The van der Waals surface area contributed by atoms with Gasteiger partial charge in [-0.1, -0.05) is 166 Å². The molecule has 5 heteroatoms. The van der Waals surface area contributed by atoms with E-state index < -0.39 is 0 Å². The highest BCUT2D eigenvalue weighted by Crippen LogP contribution is 2.51. The van der Waals surface area contributed by atoms with Crippen molar-refractivity contribution in [1.29, 1.82) is 0 Å². The predicted molar refractivity (Wildman–Crippen MR) is 268 cm³/mol. The molecule has 306 valence electrons. The summed E-state index contributed by atoms with van der Waals surface area (Å²) in [5.74, 6) is 1.91. The Labute approximate surface area is 376 Å². The van der Waals surface area contributed by atoms with Gasteiger partial charge in [0.1, 0.15) is 0 Å². The fourth-order valence-electron chi connectivity index (χ4n) is 10.4. The number of fused-ring (bicyclic) bond motifs is 9. The quantitative estimate of drug-likeness (QED) is 0.168. The van der Waals surface area contributed by atoms with E-state index in [4.69, 9.17) is 15.0 Å². The van der Waals surface area contributed by atoms with E-state index in [9.17, 15) is 0 Å². The molecule has 12 aromatic rings. The lowest BCUT2D eigenvalue weighted by Crippen LogP contribution is -2.14. The largest absolute Gasteiger partial charge is 0.309 e. The first kappa shape index (κ1) is 37.2. The molecule has 0 fully saturated rings. The van der Waals surface area contributed by atoms with Crippen LogP contribution in [0.1, 0.15) is 25.0 Å². The van der Waals surface area contributed by atoms with Crippen LogP contribution in [0.4, 0.5) is 0 Å². The molecule has 9 aromatic carbocycles. The van der Waals surface area contributed by atoms with E-state index in [-0.39, 0.29) is 5.41 Å². The van der Waals surface area contributed by atoms with E-state index in [1.165, 1.54) is 65.9 Å². The summed E-state index contributed by atoms with van der Waals surface area (Å²) in [6, 6.07) is 76.1. The molecule has 3 aromatic heterocycles. The smallest absolute Gasteiger partial charge is 0.164 e. The van der Waals surface area contributed by atoms with Crippen LogP contribution >= 0.6 is 0 Å². The lowest BCUT2D eigenvalue weighted by atomic mass is 9.82. The van der Waals surface area contributed by atoms with Crippen molar-refractivity contribution in [3.63, 3.8) is 0 Å². The van der Waals surface area contributed by atoms with E-state index in [1.807, 2.05) is 36.4 Å². The number of benzene rings is 9. The zero-order valence-electron chi connectivity index (χ0n) is 35.9. The number of hydrogen-bond acceptors (Lipinski definition) is 3. The monoisotopic (exact) mass is 831 g/mol. The van der Waals surface area contributed by atoms with Crippen molar-refractivity contribution in [2.24, 2.45) is 0 Å². The summed E-state index contributed by atoms with van der Waals surface area (Å²) in [5, 5.41) is 4.90. The normalized spacial score (nSPS) is 12.9. The molecular weight excluding hydrogens is 791 g/mol. The number of rotatable bonds is 6. The Balaban J connectivity index is 1.03. The van der Waals surface area contributed by atoms with E-state index in [0.29, 0.717) is 17.5 Å². The third-order valence-electron chi connectivity index (χ3n) is 13.6. The second-order valence-corrected chi connectivity index (χ2v) is 17.7. The minimum atomic E-state index is -0.157. The zero-order chi connectivity index (χ0) is 43.2. The Morgan fingerprint density at radius 2 is 0.831 bits per heavy atom. The minimum absolute atomic E-state index is 0.157. The van der Waals surface area contributed by atoms with Gasteiger partial charge in [-0.05, 0) is 94.0 Å². The molecule has 1 aliphatic rings. The first-order valence-corrected chi connectivity index (χ1v) is 22.3. The Bertz CT molecular complexity index is 3790. The first-order valence-electron chi connectivity index (χ1n) is 22.3. The van der Waals surface area contributed by atoms with Crippen LogP contribution in [-0.2, 0) is 5.41 Å². The van der Waals surface area contributed by atoms with Crippen molar-refractivity contribution in [3.8, 4) is 67.8 Å². The fourth-order valence-corrected chi connectivity index (χ4v) is 10.4. The molecule has 5 nitrogen and oxygen atoms in total. The molecule has 65 heavy (non-hydrogen) atoms. The van der Waals surface area contributed by atoms with E-state index in [1.54, 1.807) is 0 Å². The van der Waals surface area contributed by atoms with Gasteiger partial charge in [0.25, 0.3) is 0 Å². The van der Waals surface area contributed by atoms with Crippen LogP contribution in [0.3, 0.4) is 0 Å². The maximum atomic E-state index is 5.12. The maximum Gasteiger partial charge on any atom is 0.164 e. The van der Waals surface area contributed by atoms with Crippen molar-refractivity contribution in [3.05, 3.63) is 223 Å². The Hall–Kier alpha value is -8.41. The highest BCUT2D eigenvalue weighted by molar-refractivity contribution is 6.14.